The van der Waals surface area contributed by atoms with Gasteiger partial charge in [0.25, 0.3) is 0 Å². The zero-order valence-corrected chi connectivity index (χ0v) is 19.3. The molecule has 2 fully saturated rings. The topological polar surface area (TPSA) is 83.5 Å². The quantitative estimate of drug-likeness (QED) is 0.270. The summed E-state index contributed by atoms with van der Waals surface area (Å²) >= 11 is 0. The van der Waals surface area contributed by atoms with Crippen LogP contribution in [0.4, 0.5) is 0 Å². The van der Waals surface area contributed by atoms with E-state index in [1.54, 1.807) is 7.11 Å². The summed E-state index contributed by atoms with van der Waals surface area (Å²) in [7, 11) is 3.06. The summed E-state index contributed by atoms with van der Waals surface area (Å²) in [5.74, 6) is -0.580. The van der Waals surface area contributed by atoms with Crippen LogP contribution in [-0.4, -0.2) is 62.8 Å². The Balaban J connectivity index is 1.87. The summed E-state index contributed by atoms with van der Waals surface area (Å²) < 4.78 is 28.2. The number of rotatable bonds is 13. The number of ether oxygens (including phenoxy) is 5. The van der Waals surface area contributed by atoms with Crippen molar-refractivity contribution in [1.29, 1.82) is 0 Å². The van der Waals surface area contributed by atoms with Gasteiger partial charge in [-0.1, -0.05) is 19.3 Å². The van der Waals surface area contributed by atoms with Crippen LogP contribution in [0.25, 0.3) is 0 Å². The second-order valence-corrected chi connectivity index (χ2v) is 9.05. The van der Waals surface area contributed by atoms with Gasteiger partial charge >= 0.3 is 5.97 Å². The van der Waals surface area contributed by atoms with Gasteiger partial charge in [-0.25, -0.2) is 0 Å². The van der Waals surface area contributed by atoms with Gasteiger partial charge in [0.05, 0.1) is 25.9 Å². The molecule has 1 heterocycles. The van der Waals surface area contributed by atoms with Crippen LogP contribution in [-0.2, 0) is 28.5 Å². The third-order valence-corrected chi connectivity index (χ3v) is 6.47. The van der Waals surface area contributed by atoms with E-state index in [4.69, 9.17) is 18.9 Å². The second kappa shape index (κ2) is 13.0. The molecule has 0 amide bonds. The Morgan fingerprint density at radius 3 is 2.53 bits per heavy atom. The first-order valence-corrected chi connectivity index (χ1v) is 11.6. The number of unbranched alkanes of at least 4 members (excludes halogenated alkanes) is 3. The number of aliphatic hydroxyl groups excluding tert-OH is 1. The number of hydrogen-bond acceptors (Lipinski definition) is 7. The van der Waals surface area contributed by atoms with Gasteiger partial charge in [0.1, 0.15) is 0 Å². The largest absolute Gasteiger partial charge is 0.469 e. The molecular formula is C23H42O7. The van der Waals surface area contributed by atoms with E-state index in [2.05, 4.69) is 4.74 Å². The van der Waals surface area contributed by atoms with E-state index in [1.807, 2.05) is 13.8 Å². The fourth-order valence-electron chi connectivity index (χ4n) is 4.42. The molecule has 0 spiro atoms. The summed E-state index contributed by atoms with van der Waals surface area (Å²) in [6, 6.07) is 0. The molecule has 2 aliphatic rings. The van der Waals surface area contributed by atoms with E-state index >= 15 is 0 Å². The molecule has 1 aliphatic carbocycles. The number of hydrogen-bond donors (Lipinski definition) is 1. The van der Waals surface area contributed by atoms with Crippen molar-refractivity contribution in [3.05, 3.63) is 0 Å². The number of methoxy groups -OCH3 is 2. The Morgan fingerprint density at radius 2 is 1.87 bits per heavy atom. The Morgan fingerprint density at radius 1 is 1.10 bits per heavy atom. The average molecular weight is 431 g/mol. The fraction of sp³-hybridized carbons (Fsp3) is 0.957. The van der Waals surface area contributed by atoms with Crippen molar-refractivity contribution in [1.82, 2.24) is 0 Å². The van der Waals surface area contributed by atoms with E-state index in [0.717, 1.165) is 58.0 Å². The third kappa shape index (κ3) is 8.42. The minimum Gasteiger partial charge on any atom is -0.469 e. The van der Waals surface area contributed by atoms with Crippen LogP contribution in [0.2, 0.25) is 0 Å². The molecule has 1 saturated heterocycles. The molecule has 176 valence electrons. The SMILES string of the molecule is COC(=O)CCCCCC[C@H]1C(O)CC(OC2CCCCO2)C1COC(C)(C)OC. The van der Waals surface area contributed by atoms with Gasteiger partial charge in [-0.2, -0.15) is 0 Å². The third-order valence-electron chi connectivity index (χ3n) is 6.47. The first kappa shape index (κ1) is 25.5. The molecule has 1 saturated carbocycles. The van der Waals surface area contributed by atoms with E-state index in [1.165, 1.54) is 7.11 Å². The zero-order valence-electron chi connectivity index (χ0n) is 19.3. The molecule has 1 N–H and O–H groups in total. The molecule has 0 radical (unpaired) electrons. The standard InChI is InChI=1S/C23H42O7/c1-23(2,27-4)29-16-18-17(11-7-5-6-8-12-21(25)26-3)19(24)15-20(18)30-22-13-9-10-14-28-22/h17-20,22,24H,5-16H2,1-4H3/t17-,18?,19?,20?,22?/m1/s1. The predicted molar refractivity (Wildman–Crippen MR) is 113 cm³/mol. The van der Waals surface area contributed by atoms with Gasteiger partial charge in [0.15, 0.2) is 12.1 Å². The van der Waals surface area contributed by atoms with Gasteiger partial charge in [0, 0.05) is 32.5 Å². The lowest BCUT2D eigenvalue weighted by atomic mass is 9.89. The highest BCUT2D eigenvalue weighted by atomic mass is 16.7. The van der Waals surface area contributed by atoms with Crippen molar-refractivity contribution in [2.75, 3.05) is 27.4 Å². The first-order chi connectivity index (χ1) is 14.4. The molecule has 4 unspecified atom stereocenters. The van der Waals surface area contributed by atoms with Crippen molar-refractivity contribution >= 4 is 5.97 Å². The predicted octanol–water partition coefficient (Wildman–Crippen LogP) is 3.81. The molecule has 7 heteroatoms. The lowest BCUT2D eigenvalue weighted by molar-refractivity contribution is -0.227. The maximum Gasteiger partial charge on any atom is 0.305 e. The Hall–Kier alpha value is -0.730. The molecule has 7 nitrogen and oxygen atoms in total. The molecule has 30 heavy (non-hydrogen) atoms. The average Bonchev–Trinajstić information content (AvgIpc) is 3.03. The first-order valence-electron chi connectivity index (χ1n) is 11.6. The van der Waals surface area contributed by atoms with Crippen LogP contribution in [0.5, 0.6) is 0 Å². The second-order valence-electron chi connectivity index (χ2n) is 9.05. The lowest BCUT2D eigenvalue weighted by Crippen LogP contribution is -2.37. The van der Waals surface area contributed by atoms with Gasteiger partial charge in [-0.05, 0) is 51.9 Å². The van der Waals surface area contributed by atoms with Crippen molar-refractivity contribution < 1.29 is 33.6 Å². The van der Waals surface area contributed by atoms with E-state index in [0.29, 0.717) is 19.4 Å². The van der Waals surface area contributed by atoms with Crippen LogP contribution in [0, 0.1) is 11.8 Å². The Kier molecular flexibility index (Phi) is 11.0. The number of carbonyl (C=O) groups excluding carboxylic acids is 1. The highest BCUT2D eigenvalue weighted by molar-refractivity contribution is 5.68. The molecule has 0 aromatic heterocycles. The van der Waals surface area contributed by atoms with Crippen LogP contribution in [0.3, 0.4) is 0 Å². The molecule has 0 aromatic carbocycles. The normalized spacial score (nSPS) is 29.8. The number of esters is 1. The van der Waals surface area contributed by atoms with Crippen molar-refractivity contribution in [2.24, 2.45) is 11.8 Å². The highest BCUT2D eigenvalue weighted by Gasteiger charge is 2.44. The number of carbonyl (C=O) groups is 1. The van der Waals surface area contributed by atoms with Crippen LogP contribution >= 0.6 is 0 Å². The molecule has 0 bridgehead atoms. The minimum atomic E-state index is -0.669. The molecular weight excluding hydrogens is 388 g/mol. The summed E-state index contributed by atoms with van der Waals surface area (Å²) in [5, 5.41) is 10.8. The van der Waals surface area contributed by atoms with Gasteiger partial charge in [0.2, 0.25) is 0 Å². The molecule has 2 rings (SSSR count). The van der Waals surface area contributed by atoms with E-state index in [9.17, 15) is 9.90 Å². The smallest absolute Gasteiger partial charge is 0.305 e. The van der Waals surface area contributed by atoms with Crippen molar-refractivity contribution in [3.63, 3.8) is 0 Å². The Bertz CT molecular complexity index is 490. The van der Waals surface area contributed by atoms with Crippen LogP contribution < -0.4 is 0 Å². The van der Waals surface area contributed by atoms with Crippen molar-refractivity contribution in [2.45, 2.75) is 102 Å². The summed E-state index contributed by atoms with van der Waals surface area (Å²) in [6.07, 6.45) is 8.38. The number of aliphatic hydroxyl groups is 1. The summed E-state index contributed by atoms with van der Waals surface area (Å²) in [6.45, 7) is 5.03. The van der Waals surface area contributed by atoms with Gasteiger partial charge < -0.3 is 28.8 Å². The van der Waals surface area contributed by atoms with Crippen molar-refractivity contribution in [3.8, 4) is 0 Å². The van der Waals surface area contributed by atoms with Gasteiger partial charge in [-0.3, -0.25) is 4.79 Å². The maximum absolute atomic E-state index is 11.2. The van der Waals surface area contributed by atoms with E-state index in [-0.39, 0.29) is 30.2 Å². The Labute approximate surface area is 181 Å². The zero-order chi connectivity index (χ0) is 22.0. The summed E-state index contributed by atoms with van der Waals surface area (Å²) in [4.78, 5) is 11.2. The molecule has 5 atom stereocenters. The minimum absolute atomic E-state index is 0.0694. The summed E-state index contributed by atoms with van der Waals surface area (Å²) in [5.41, 5.74) is 0. The molecule has 0 aromatic rings. The lowest BCUT2D eigenvalue weighted by Gasteiger charge is -2.32. The van der Waals surface area contributed by atoms with Gasteiger partial charge in [-0.15, -0.1) is 0 Å². The maximum atomic E-state index is 11.2. The fourth-order valence-corrected chi connectivity index (χ4v) is 4.42. The van der Waals surface area contributed by atoms with E-state index < -0.39 is 11.9 Å². The van der Waals surface area contributed by atoms with Crippen LogP contribution in [0.15, 0.2) is 0 Å². The van der Waals surface area contributed by atoms with Crippen LogP contribution in [0.1, 0.15) is 78.1 Å². The molecule has 1 aliphatic heterocycles. The highest BCUT2D eigenvalue weighted by Crippen LogP contribution is 2.40. The monoisotopic (exact) mass is 430 g/mol.